The van der Waals surface area contributed by atoms with Crippen molar-refractivity contribution in [3.8, 4) is 0 Å². The molecule has 0 aromatic heterocycles. The van der Waals surface area contributed by atoms with Crippen LogP contribution in [0.15, 0.2) is 70.5 Å². The molecule has 1 atom stereocenters. The second-order valence-corrected chi connectivity index (χ2v) is 8.11. The van der Waals surface area contributed by atoms with Crippen LogP contribution in [0.25, 0.3) is 0 Å². The smallest absolute Gasteiger partial charge is 0.249 e. The van der Waals surface area contributed by atoms with Gasteiger partial charge < -0.3 is 5.32 Å². The van der Waals surface area contributed by atoms with Gasteiger partial charge in [0.2, 0.25) is 11.8 Å². The van der Waals surface area contributed by atoms with Crippen molar-refractivity contribution in [3.63, 3.8) is 0 Å². The average Bonchev–Trinajstić information content (AvgIpc) is 2.93. The van der Waals surface area contributed by atoms with Gasteiger partial charge >= 0.3 is 0 Å². The second-order valence-electron chi connectivity index (χ2n) is 5.87. The summed E-state index contributed by atoms with van der Waals surface area (Å²) in [7, 11) is 0. The number of hydrogen-bond donors (Lipinski definition) is 2. The van der Waals surface area contributed by atoms with Crippen LogP contribution in [0.4, 0.5) is 5.69 Å². The molecule has 132 valence electrons. The largest absolute Gasteiger partial charge is 0.321 e. The van der Waals surface area contributed by atoms with Gasteiger partial charge in [0.05, 0.1) is 11.4 Å². The third-order valence-electron chi connectivity index (χ3n) is 4.05. The van der Waals surface area contributed by atoms with Gasteiger partial charge in [0, 0.05) is 22.4 Å². The maximum absolute atomic E-state index is 12.3. The first kappa shape index (κ1) is 17.2. The van der Waals surface area contributed by atoms with Crippen LogP contribution in [0, 0.1) is 0 Å². The molecular formula is C19H17N3O2S2. The maximum atomic E-state index is 12.3. The SMILES string of the molecule is O=C1C=C(CNN2C(=O)CSC2c2ccccc2)Sc2ccccc2N1. The van der Waals surface area contributed by atoms with Gasteiger partial charge in [0.15, 0.2) is 0 Å². The Balaban J connectivity index is 1.49. The number of hydrogen-bond acceptors (Lipinski definition) is 5. The van der Waals surface area contributed by atoms with Crippen molar-refractivity contribution in [2.75, 3.05) is 17.6 Å². The van der Waals surface area contributed by atoms with E-state index in [0.29, 0.717) is 12.3 Å². The third kappa shape index (κ3) is 3.65. The fourth-order valence-corrected chi connectivity index (χ4v) is 4.95. The van der Waals surface area contributed by atoms with Gasteiger partial charge in [-0.1, -0.05) is 54.2 Å². The first-order valence-corrected chi connectivity index (χ1v) is 10.1. The minimum Gasteiger partial charge on any atom is -0.321 e. The molecule has 0 spiro atoms. The van der Waals surface area contributed by atoms with E-state index in [1.54, 1.807) is 22.8 Å². The lowest BCUT2D eigenvalue weighted by atomic mass is 10.2. The number of nitrogens with one attached hydrogen (secondary N) is 2. The van der Waals surface area contributed by atoms with Crippen molar-refractivity contribution in [2.24, 2.45) is 0 Å². The molecule has 2 aliphatic rings. The molecule has 1 saturated heterocycles. The zero-order chi connectivity index (χ0) is 17.9. The highest BCUT2D eigenvalue weighted by Gasteiger charge is 2.33. The van der Waals surface area contributed by atoms with E-state index in [1.165, 1.54) is 11.8 Å². The number of fused-ring (bicyclic) bond motifs is 1. The number of rotatable bonds is 4. The van der Waals surface area contributed by atoms with Crippen LogP contribution in [0.2, 0.25) is 0 Å². The quantitative estimate of drug-likeness (QED) is 0.847. The minimum atomic E-state index is -0.152. The van der Waals surface area contributed by atoms with Crippen LogP contribution >= 0.6 is 23.5 Å². The van der Waals surface area contributed by atoms with Crippen molar-refractivity contribution in [2.45, 2.75) is 10.3 Å². The van der Waals surface area contributed by atoms with E-state index >= 15 is 0 Å². The Bertz CT molecular complexity index is 870. The van der Waals surface area contributed by atoms with Crippen LogP contribution in [0.5, 0.6) is 0 Å². The second kappa shape index (κ2) is 7.57. The molecule has 0 bridgehead atoms. The molecule has 0 aliphatic carbocycles. The molecule has 26 heavy (non-hydrogen) atoms. The number of anilines is 1. The Morgan fingerprint density at radius 2 is 1.85 bits per heavy atom. The number of hydrazine groups is 1. The fourth-order valence-electron chi connectivity index (χ4n) is 2.85. The molecule has 0 saturated carbocycles. The molecule has 5 nitrogen and oxygen atoms in total. The van der Waals surface area contributed by atoms with E-state index in [9.17, 15) is 9.59 Å². The lowest BCUT2D eigenvalue weighted by molar-refractivity contribution is -0.131. The Morgan fingerprint density at radius 3 is 2.69 bits per heavy atom. The molecule has 2 aromatic carbocycles. The highest BCUT2D eigenvalue weighted by molar-refractivity contribution is 8.03. The summed E-state index contributed by atoms with van der Waals surface area (Å²) < 4.78 is 0. The number of nitrogens with zero attached hydrogens (tertiary/aromatic N) is 1. The van der Waals surface area contributed by atoms with Gasteiger partial charge in [-0.05, 0) is 17.7 Å². The molecule has 2 heterocycles. The van der Waals surface area contributed by atoms with Gasteiger partial charge in [-0.15, -0.1) is 11.8 Å². The summed E-state index contributed by atoms with van der Waals surface area (Å²) in [5.41, 5.74) is 5.12. The number of para-hydroxylation sites is 1. The molecule has 4 rings (SSSR count). The highest BCUT2D eigenvalue weighted by atomic mass is 32.2. The summed E-state index contributed by atoms with van der Waals surface area (Å²) in [5.74, 6) is 0.344. The van der Waals surface area contributed by atoms with Crippen LogP contribution in [-0.2, 0) is 9.59 Å². The number of carbonyl (C=O) groups excluding carboxylic acids is 2. The number of benzene rings is 2. The maximum Gasteiger partial charge on any atom is 0.249 e. The fraction of sp³-hybridized carbons (Fsp3) is 0.158. The highest BCUT2D eigenvalue weighted by Crippen LogP contribution is 2.38. The van der Waals surface area contributed by atoms with Gasteiger partial charge in [0.1, 0.15) is 5.37 Å². The minimum absolute atomic E-state index is 0.0490. The molecular weight excluding hydrogens is 366 g/mol. The molecule has 1 fully saturated rings. The predicted octanol–water partition coefficient (Wildman–Crippen LogP) is 3.39. The Kier molecular flexibility index (Phi) is 5.01. The summed E-state index contributed by atoms with van der Waals surface area (Å²) in [6.45, 7) is 0.419. The summed E-state index contributed by atoms with van der Waals surface area (Å²) in [6, 6.07) is 17.7. The van der Waals surface area contributed by atoms with Crippen LogP contribution in [-0.4, -0.2) is 29.1 Å². The van der Waals surface area contributed by atoms with Crippen molar-refractivity contribution >= 4 is 41.0 Å². The zero-order valence-corrected chi connectivity index (χ0v) is 15.5. The van der Waals surface area contributed by atoms with E-state index in [4.69, 9.17) is 0 Å². The van der Waals surface area contributed by atoms with E-state index in [2.05, 4.69) is 10.7 Å². The Morgan fingerprint density at radius 1 is 1.08 bits per heavy atom. The number of thioether (sulfide) groups is 2. The molecule has 7 heteroatoms. The third-order valence-corrected chi connectivity index (χ3v) is 6.37. The lowest BCUT2D eigenvalue weighted by Gasteiger charge is -2.25. The van der Waals surface area contributed by atoms with Gasteiger partial charge in [-0.25, -0.2) is 5.43 Å². The molecule has 2 aliphatic heterocycles. The van der Waals surface area contributed by atoms with Gasteiger partial charge in [-0.2, -0.15) is 0 Å². The van der Waals surface area contributed by atoms with E-state index in [0.717, 1.165) is 21.1 Å². The summed E-state index contributed by atoms with van der Waals surface area (Å²) in [5, 5.41) is 4.50. The van der Waals surface area contributed by atoms with Crippen LogP contribution < -0.4 is 10.7 Å². The van der Waals surface area contributed by atoms with Crippen LogP contribution in [0.3, 0.4) is 0 Å². The molecule has 2 N–H and O–H groups in total. The van der Waals surface area contributed by atoms with E-state index < -0.39 is 0 Å². The number of carbonyl (C=O) groups is 2. The first-order valence-electron chi connectivity index (χ1n) is 8.21. The van der Waals surface area contributed by atoms with E-state index in [1.807, 2.05) is 54.6 Å². The van der Waals surface area contributed by atoms with Crippen molar-refractivity contribution in [3.05, 3.63) is 71.1 Å². The van der Waals surface area contributed by atoms with Crippen molar-refractivity contribution in [1.82, 2.24) is 10.4 Å². The van der Waals surface area contributed by atoms with E-state index in [-0.39, 0.29) is 17.2 Å². The molecule has 0 radical (unpaired) electrons. The summed E-state index contributed by atoms with van der Waals surface area (Å²) >= 11 is 3.13. The molecule has 2 amide bonds. The molecule has 1 unspecified atom stereocenters. The van der Waals surface area contributed by atoms with Gasteiger partial charge in [-0.3, -0.25) is 14.6 Å². The average molecular weight is 383 g/mol. The lowest BCUT2D eigenvalue weighted by Crippen LogP contribution is -2.41. The van der Waals surface area contributed by atoms with Crippen molar-refractivity contribution < 1.29 is 9.59 Å². The Labute approximate surface area is 160 Å². The van der Waals surface area contributed by atoms with Gasteiger partial charge in [0.25, 0.3) is 0 Å². The zero-order valence-electron chi connectivity index (χ0n) is 13.8. The van der Waals surface area contributed by atoms with Crippen molar-refractivity contribution in [1.29, 1.82) is 0 Å². The summed E-state index contributed by atoms with van der Waals surface area (Å²) in [4.78, 5) is 26.2. The van der Waals surface area contributed by atoms with Crippen LogP contribution in [0.1, 0.15) is 10.9 Å². The monoisotopic (exact) mass is 383 g/mol. The normalized spacial score (nSPS) is 19.6. The topological polar surface area (TPSA) is 61.4 Å². The standard InChI is InChI=1S/C19H17N3O2S2/c23-17-10-14(26-16-9-5-4-8-15(16)21-17)11-20-22-18(24)12-25-19(22)13-6-2-1-3-7-13/h1-10,19-20H,11-12H2,(H,21,23). The summed E-state index contributed by atoms with van der Waals surface area (Å²) in [6.07, 6.45) is 1.59. The Hall–Kier alpha value is -2.22. The first-order chi connectivity index (χ1) is 12.7. The number of amides is 2. The predicted molar refractivity (Wildman–Crippen MR) is 106 cm³/mol. The molecule has 2 aromatic rings.